The molecule has 0 spiro atoms. The first-order valence-corrected chi connectivity index (χ1v) is 10.5. The van der Waals surface area contributed by atoms with Gasteiger partial charge in [-0.3, -0.25) is 4.79 Å². The molecule has 0 radical (unpaired) electrons. The van der Waals surface area contributed by atoms with Gasteiger partial charge in [0.15, 0.2) is 0 Å². The quantitative estimate of drug-likeness (QED) is 0.559. The molecule has 3 atom stereocenters. The Balaban J connectivity index is 1.25. The monoisotopic (exact) mass is 443 g/mol. The second kappa shape index (κ2) is 6.93. The van der Waals surface area contributed by atoms with E-state index in [2.05, 4.69) is 21.3 Å². The summed E-state index contributed by atoms with van der Waals surface area (Å²) in [6.07, 6.45) is 0. The average Bonchev–Trinajstić information content (AvgIpc) is 3.06. The number of nitrogens with one attached hydrogen (secondary N) is 2. The third-order valence-electron chi connectivity index (χ3n) is 6.21. The molecule has 2 heterocycles. The van der Waals surface area contributed by atoms with Crippen LogP contribution >= 0.6 is 23.2 Å². The summed E-state index contributed by atoms with van der Waals surface area (Å²) in [6, 6.07) is 11.4. The van der Waals surface area contributed by atoms with Crippen molar-refractivity contribution in [2.24, 2.45) is 11.8 Å². The summed E-state index contributed by atoms with van der Waals surface area (Å²) in [5, 5.41) is 14.8. The van der Waals surface area contributed by atoms with Gasteiger partial charge in [0.25, 0.3) is 5.91 Å². The van der Waals surface area contributed by atoms with Gasteiger partial charge in [0.2, 0.25) is 0 Å². The molecular weight excluding hydrogens is 425 g/mol. The first-order chi connectivity index (χ1) is 14.3. The summed E-state index contributed by atoms with van der Waals surface area (Å²) in [5.74, 6) is -0.332. The molecule has 3 aromatic rings. The SMILES string of the molecule is Cc1[nH]c(C(=O)NC2[C@H]3CN(c4ccc5cc(C(=O)O)ccc5c4)C[C@@H]23)c(Cl)c1Cl. The molecule has 1 aliphatic carbocycles. The lowest BCUT2D eigenvalue weighted by Gasteiger charge is -2.23. The van der Waals surface area contributed by atoms with Crippen LogP contribution in [0.2, 0.25) is 10.0 Å². The number of H-pyrrole nitrogens is 1. The minimum absolute atomic E-state index is 0.144. The standard InChI is InChI=1S/C22H19Cl2N3O3/c1-10-17(23)18(24)20(25-10)21(28)26-19-15-8-27(9-16(15)19)14-5-4-11-6-13(22(29)30)3-2-12(11)7-14/h2-7,15-16,19,25H,8-9H2,1H3,(H,26,28)(H,29,30)/t15-,16+,19?. The van der Waals surface area contributed by atoms with Crippen molar-refractivity contribution >= 4 is 51.5 Å². The number of piperidine rings is 1. The maximum atomic E-state index is 12.5. The number of halogens is 2. The molecule has 8 heteroatoms. The van der Waals surface area contributed by atoms with Gasteiger partial charge in [-0.25, -0.2) is 4.79 Å². The Morgan fingerprint density at radius 1 is 1.07 bits per heavy atom. The second-order valence-electron chi connectivity index (χ2n) is 8.04. The van der Waals surface area contributed by atoms with Crippen LogP contribution in [0.3, 0.4) is 0 Å². The number of carboxylic acid groups (broad SMARTS) is 1. The Bertz CT molecular complexity index is 1190. The zero-order chi connectivity index (χ0) is 21.2. The molecular formula is C22H19Cl2N3O3. The Hall–Kier alpha value is -2.70. The summed E-state index contributed by atoms with van der Waals surface area (Å²) in [7, 11) is 0. The number of aromatic carboxylic acids is 1. The fourth-order valence-electron chi connectivity index (χ4n) is 4.47. The van der Waals surface area contributed by atoms with E-state index < -0.39 is 5.97 Å². The highest BCUT2D eigenvalue weighted by Gasteiger charge is 2.56. The van der Waals surface area contributed by atoms with Crippen molar-refractivity contribution in [3.05, 3.63) is 63.4 Å². The van der Waals surface area contributed by atoms with Crippen LogP contribution in [-0.2, 0) is 0 Å². The van der Waals surface area contributed by atoms with E-state index in [0.717, 1.165) is 29.5 Å². The van der Waals surface area contributed by atoms with Crippen molar-refractivity contribution in [1.82, 2.24) is 10.3 Å². The van der Waals surface area contributed by atoms with Crippen molar-refractivity contribution in [2.75, 3.05) is 18.0 Å². The highest BCUT2D eigenvalue weighted by molar-refractivity contribution is 6.44. The largest absolute Gasteiger partial charge is 0.478 e. The van der Waals surface area contributed by atoms with E-state index in [1.54, 1.807) is 19.1 Å². The Labute approximate surface area is 182 Å². The molecule has 2 aliphatic rings. The van der Waals surface area contributed by atoms with Crippen molar-refractivity contribution in [3.8, 4) is 0 Å². The number of aromatic nitrogens is 1. The van der Waals surface area contributed by atoms with E-state index >= 15 is 0 Å². The summed E-state index contributed by atoms with van der Waals surface area (Å²) >= 11 is 12.2. The van der Waals surface area contributed by atoms with Crippen LogP contribution in [0.1, 0.15) is 26.5 Å². The van der Waals surface area contributed by atoms with Gasteiger partial charge in [0, 0.05) is 42.3 Å². The number of hydrogen-bond acceptors (Lipinski definition) is 3. The van der Waals surface area contributed by atoms with Crippen molar-refractivity contribution in [2.45, 2.75) is 13.0 Å². The predicted octanol–water partition coefficient (Wildman–Crippen LogP) is 4.35. The van der Waals surface area contributed by atoms with Gasteiger partial charge < -0.3 is 20.3 Å². The first kappa shape index (κ1) is 19.3. The van der Waals surface area contributed by atoms with E-state index in [0.29, 0.717) is 28.2 Å². The van der Waals surface area contributed by atoms with E-state index in [4.69, 9.17) is 28.3 Å². The lowest BCUT2D eigenvalue weighted by atomic mass is 10.1. The van der Waals surface area contributed by atoms with Crippen LogP contribution in [0, 0.1) is 18.8 Å². The third kappa shape index (κ3) is 3.11. The number of fused-ring (bicyclic) bond motifs is 2. The third-order valence-corrected chi connectivity index (χ3v) is 7.16. The molecule has 2 aromatic carbocycles. The molecule has 1 amide bonds. The lowest BCUT2D eigenvalue weighted by molar-refractivity contribution is 0.0696. The van der Waals surface area contributed by atoms with Crippen LogP contribution in [0.5, 0.6) is 0 Å². The zero-order valence-corrected chi connectivity index (χ0v) is 17.6. The first-order valence-electron chi connectivity index (χ1n) is 9.70. The number of anilines is 1. The number of carbonyl (C=O) groups excluding carboxylic acids is 1. The van der Waals surface area contributed by atoms with E-state index in [1.165, 1.54) is 0 Å². The van der Waals surface area contributed by atoms with Gasteiger partial charge in [-0.05, 0) is 42.0 Å². The van der Waals surface area contributed by atoms with Crippen LogP contribution in [0.25, 0.3) is 10.8 Å². The molecule has 1 aromatic heterocycles. The van der Waals surface area contributed by atoms with Crippen LogP contribution < -0.4 is 10.2 Å². The van der Waals surface area contributed by atoms with Gasteiger partial charge in [-0.15, -0.1) is 0 Å². The molecule has 1 saturated heterocycles. The Morgan fingerprint density at radius 2 is 1.73 bits per heavy atom. The average molecular weight is 444 g/mol. The van der Waals surface area contributed by atoms with Crippen LogP contribution in [0.15, 0.2) is 36.4 Å². The second-order valence-corrected chi connectivity index (χ2v) is 8.79. The minimum atomic E-state index is -0.924. The van der Waals surface area contributed by atoms with Gasteiger partial charge in [-0.1, -0.05) is 35.3 Å². The molecule has 6 nitrogen and oxygen atoms in total. The smallest absolute Gasteiger partial charge is 0.335 e. The summed E-state index contributed by atoms with van der Waals surface area (Å²) in [5.41, 5.74) is 2.39. The number of benzene rings is 2. The minimum Gasteiger partial charge on any atom is -0.478 e. The molecule has 5 rings (SSSR count). The summed E-state index contributed by atoms with van der Waals surface area (Å²) in [6.45, 7) is 3.51. The molecule has 0 bridgehead atoms. The molecule has 1 aliphatic heterocycles. The number of carbonyl (C=O) groups is 2. The number of rotatable bonds is 4. The lowest BCUT2D eigenvalue weighted by Crippen LogP contribution is -2.34. The number of nitrogens with zero attached hydrogens (tertiary/aromatic N) is 1. The summed E-state index contributed by atoms with van der Waals surface area (Å²) < 4.78 is 0. The number of aromatic amines is 1. The maximum Gasteiger partial charge on any atom is 0.335 e. The van der Waals surface area contributed by atoms with Crippen molar-refractivity contribution in [3.63, 3.8) is 0 Å². The van der Waals surface area contributed by atoms with Crippen LogP contribution in [-0.4, -0.2) is 41.1 Å². The van der Waals surface area contributed by atoms with Gasteiger partial charge in [-0.2, -0.15) is 0 Å². The molecule has 1 saturated carbocycles. The number of amides is 1. The molecule has 1 unspecified atom stereocenters. The van der Waals surface area contributed by atoms with E-state index in [9.17, 15) is 9.59 Å². The highest BCUT2D eigenvalue weighted by Crippen LogP contribution is 2.47. The van der Waals surface area contributed by atoms with E-state index in [-0.39, 0.29) is 22.5 Å². The topological polar surface area (TPSA) is 85.4 Å². The predicted molar refractivity (Wildman–Crippen MR) is 117 cm³/mol. The fraction of sp³-hybridized carbons (Fsp3) is 0.273. The van der Waals surface area contributed by atoms with E-state index in [1.807, 2.05) is 18.2 Å². The van der Waals surface area contributed by atoms with Gasteiger partial charge >= 0.3 is 5.97 Å². The van der Waals surface area contributed by atoms with Gasteiger partial charge in [0.1, 0.15) is 5.69 Å². The number of carboxylic acids is 1. The fourth-order valence-corrected chi connectivity index (χ4v) is 4.88. The van der Waals surface area contributed by atoms with Gasteiger partial charge in [0.05, 0.1) is 15.6 Å². The maximum absolute atomic E-state index is 12.5. The molecule has 30 heavy (non-hydrogen) atoms. The van der Waals surface area contributed by atoms with Crippen LogP contribution in [0.4, 0.5) is 5.69 Å². The van der Waals surface area contributed by atoms with Crippen molar-refractivity contribution in [1.29, 1.82) is 0 Å². The normalized spacial score (nSPS) is 22.2. The number of aryl methyl sites for hydroxylation is 1. The van der Waals surface area contributed by atoms with Crippen molar-refractivity contribution < 1.29 is 14.7 Å². The highest BCUT2D eigenvalue weighted by atomic mass is 35.5. The molecule has 2 fully saturated rings. The zero-order valence-electron chi connectivity index (χ0n) is 16.1. The Morgan fingerprint density at radius 3 is 2.37 bits per heavy atom. The molecule has 154 valence electrons. The molecule has 3 N–H and O–H groups in total. The summed E-state index contributed by atoms with van der Waals surface area (Å²) in [4.78, 5) is 28.9. The number of hydrogen-bond donors (Lipinski definition) is 3. The Kier molecular flexibility index (Phi) is 4.45.